The molecule has 0 saturated heterocycles. The number of rotatable bonds is 9. The van der Waals surface area contributed by atoms with E-state index in [1.807, 2.05) is 54.6 Å². The number of nitrogens with one attached hydrogen (secondary N) is 2. The van der Waals surface area contributed by atoms with Gasteiger partial charge in [-0.3, -0.25) is 33.9 Å². The number of H-pyrrole nitrogens is 2. The molecule has 0 aliphatic rings. The van der Waals surface area contributed by atoms with E-state index in [0.29, 0.717) is 66.5 Å². The fourth-order valence-corrected chi connectivity index (χ4v) is 12.6. The molecule has 41 heteroatoms. The van der Waals surface area contributed by atoms with Gasteiger partial charge in [-0.2, -0.15) is 21.9 Å². The zero-order valence-corrected chi connectivity index (χ0v) is 61.5. The number of hydrogen-bond donors (Lipinski definition) is 18. The number of halogens is 2. The summed E-state index contributed by atoms with van der Waals surface area (Å²) in [7, 11) is -20.3. The van der Waals surface area contributed by atoms with Crippen LogP contribution in [0.25, 0.3) is 75.4 Å². The number of fused-ring (bicyclic) bond motifs is 5. The number of nitrogens with zero attached hydrogens (tertiary/aromatic N) is 10. The van der Waals surface area contributed by atoms with Crippen molar-refractivity contribution in [2.24, 2.45) is 10.2 Å². The largest absolute Gasteiger partial charge is 1.00 e. The molecule has 0 aliphatic heterocycles. The van der Waals surface area contributed by atoms with Gasteiger partial charge in [-0.25, -0.2) is 14.3 Å². The predicted molar refractivity (Wildman–Crippen MR) is 408 cm³/mol. The Hall–Kier alpha value is -11.7. The third-order valence-corrected chi connectivity index (χ3v) is 19.4. The van der Waals surface area contributed by atoms with Crippen LogP contribution in [0.2, 0.25) is 0 Å². The molecule has 0 amide bonds. The molecule has 4 heterocycles. The Kier molecular flexibility index (Phi) is 27.1. The third-order valence-electron chi connectivity index (χ3n) is 15.1. The molecular formula is C68H64Cl2N14O20S5. The quantitative estimate of drug-likeness (QED) is 0.0276. The first-order valence-electron chi connectivity index (χ1n) is 30.2. The van der Waals surface area contributed by atoms with E-state index < -0.39 is 58.4 Å². The summed E-state index contributed by atoms with van der Waals surface area (Å²) in [5.41, 5.74) is 16.2. The summed E-state index contributed by atoms with van der Waals surface area (Å²) in [5, 5.41) is 65.2. The highest BCUT2D eigenvalue weighted by Gasteiger charge is 2.23. The van der Waals surface area contributed by atoms with Gasteiger partial charge in [0, 0.05) is 76.4 Å². The number of nitrogen functional groups attached to an aromatic ring is 2. The molecule has 14 aromatic rings. The number of nitrogens with two attached hydrogens (primary N) is 2. The van der Waals surface area contributed by atoms with Gasteiger partial charge in [0.05, 0.1) is 58.4 Å². The van der Waals surface area contributed by atoms with Crippen molar-refractivity contribution < 1.29 is 108 Å². The summed E-state index contributed by atoms with van der Waals surface area (Å²) in [6, 6.07) is 51.7. The highest BCUT2D eigenvalue weighted by Crippen LogP contribution is 2.49. The molecule has 34 nitrogen and oxygen atoms in total. The van der Waals surface area contributed by atoms with E-state index in [2.05, 4.69) is 40.3 Å². The van der Waals surface area contributed by atoms with Crippen LogP contribution in [0.1, 0.15) is 12.8 Å². The number of para-hydroxylation sites is 2. The summed E-state index contributed by atoms with van der Waals surface area (Å²) in [6.07, 6.45) is 3.43. The minimum atomic E-state index is -4.37. The van der Waals surface area contributed by atoms with Crippen LogP contribution in [0.5, 0.6) is 17.2 Å². The fraction of sp³-hybridized carbons (Fsp3) is 0.0294. The van der Waals surface area contributed by atoms with Gasteiger partial charge < -0.3 is 92.6 Å². The Morgan fingerprint density at radius 3 is 1.35 bits per heavy atom. The van der Waals surface area contributed by atoms with E-state index in [9.17, 15) is 55.4 Å². The van der Waals surface area contributed by atoms with Crippen molar-refractivity contribution in [2.75, 3.05) is 11.5 Å². The molecule has 0 saturated carbocycles. The number of aryl methyl sites for hydroxylation is 2. The lowest BCUT2D eigenvalue weighted by Gasteiger charge is -2.20. The molecule has 0 fully saturated rings. The molecule has 10 aromatic carbocycles. The minimum Gasteiger partial charge on any atom is -1.00 e. The van der Waals surface area contributed by atoms with Crippen LogP contribution >= 0.6 is 32.6 Å². The maximum Gasteiger partial charge on any atom is 0.410 e. The van der Waals surface area contributed by atoms with Crippen LogP contribution in [0.15, 0.2) is 263 Å². The van der Waals surface area contributed by atoms with Crippen molar-refractivity contribution >= 4 is 141 Å². The molecule has 4 aromatic heterocycles. The molecule has 14 rings (SSSR count). The van der Waals surface area contributed by atoms with Gasteiger partial charge in [-0.1, -0.05) is 48.5 Å². The van der Waals surface area contributed by atoms with Crippen LogP contribution < -0.4 is 47.4 Å². The predicted octanol–water partition coefficient (Wildman–Crippen LogP) is 10.4. The van der Waals surface area contributed by atoms with Crippen molar-refractivity contribution in [3.8, 4) is 28.6 Å². The lowest BCUT2D eigenvalue weighted by Crippen LogP contribution is -3.00. The molecule has 0 bridgehead atoms. The molecule has 570 valence electrons. The summed E-state index contributed by atoms with van der Waals surface area (Å²) < 4.78 is 147. The molecular weight excluding hydrogens is 1560 g/mol. The summed E-state index contributed by atoms with van der Waals surface area (Å²) in [6.45, 7) is 3.34. The van der Waals surface area contributed by atoms with Gasteiger partial charge in [0.1, 0.15) is 49.9 Å². The number of anilines is 2. The number of azo groups is 1. The lowest BCUT2D eigenvalue weighted by molar-refractivity contribution is -0.001000. The Labute approximate surface area is 635 Å². The summed E-state index contributed by atoms with van der Waals surface area (Å²) >= 11 is 0. The minimum absolute atomic E-state index is 0. The summed E-state index contributed by atoms with van der Waals surface area (Å²) in [4.78, 5) is 37.6. The van der Waals surface area contributed by atoms with Gasteiger partial charge >= 0.3 is 11.4 Å². The zero-order valence-electron chi connectivity index (χ0n) is 55.9. The fourth-order valence-electron chi connectivity index (χ4n) is 10.0. The molecule has 0 unspecified atom stereocenters. The van der Waals surface area contributed by atoms with Crippen LogP contribution in [-0.4, -0.2) is 112 Å². The second-order valence-corrected chi connectivity index (χ2v) is 30.0. The molecule has 0 aliphatic carbocycles. The van der Waals surface area contributed by atoms with Crippen molar-refractivity contribution in [3.05, 3.63) is 261 Å². The molecule has 0 radical (unpaired) electrons. The Bertz CT molecular complexity index is 6190. The number of aromatic nitrogens is 6. The SMILES string of the molecule is Cc1[nH]n(-c2ccc(S(=O)(=O)O)cc2)c(=O)c1N=Nc1ccc2cc(S(O)(O)O)cc(O)c2c1.Cc1cc(=O)n(-c2ccc(S(=O)(=O)O)cc2)[nH]1.N#[N+]c1ccc2cc(S(O)(O)O)cc(O)c2c1.N#[N+]c1cccc2cccnc12.Nc1ccc2cc(S(O)(O)O)cc(O)c2c1.Nc1cccc2cccnc12.[Cl-].[Cl-].[HH]. The number of aromatic amines is 2. The third kappa shape index (κ3) is 21.4. The number of diazo groups is 2. The monoisotopic (exact) mass is 1630 g/mol. The highest BCUT2D eigenvalue weighted by molar-refractivity contribution is 8.20. The van der Waals surface area contributed by atoms with E-state index in [1.54, 1.807) is 50.5 Å². The zero-order chi connectivity index (χ0) is 78.1. The Morgan fingerprint density at radius 2 is 0.890 bits per heavy atom. The van der Waals surface area contributed by atoms with E-state index >= 15 is 0 Å². The molecule has 20 N–H and O–H groups in total. The Morgan fingerprint density at radius 1 is 0.450 bits per heavy atom. The van der Waals surface area contributed by atoms with Crippen molar-refractivity contribution in [1.82, 2.24) is 29.5 Å². The first-order chi connectivity index (χ1) is 50.3. The van der Waals surface area contributed by atoms with E-state index in [1.165, 1.54) is 102 Å². The topological polar surface area (TPSA) is 586 Å². The number of pyridine rings is 2. The van der Waals surface area contributed by atoms with Crippen molar-refractivity contribution in [3.63, 3.8) is 0 Å². The van der Waals surface area contributed by atoms with Crippen LogP contribution in [0.4, 0.5) is 34.1 Å². The second kappa shape index (κ2) is 34.9. The second-order valence-electron chi connectivity index (χ2n) is 22.6. The average molecular weight is 1630 g/mol. The average Bonchev–Trinajstić information content (AvgIpc) is 1.70. The number of benzene rings is 10. The van der Waals surface area contributed by atoms with Gasteiger partial charge in [-0.15, -0.1) is 5.11 Å². The molecule has 0 spiro atoms. The summed E-state index contributed by atoms with van der Waals surface area (Å²) in [5.74, 6) is -0.710. The van der Waals surface area contributed by atoms with Crippen LogP contribution in [0.3, 0.4) is 0 Å². The standard InChI is InChI=1S/C20H18N4O8S2.C10H10N2O4S.C10H8N2O4S.C10H11NO4S.C9H6N3.C9H8N2.2ClH.H2/c1-11-19(20(26)24(23-11)14-4-6-15(7-5-14)33(27,28)29)22-21-13-3-2-12-8-16(34(30,31)32)10-18(25)17(12)9-13;1-7-6-10(13)12(11-7)8-2-4-9(5-3-8)17(14,15)16;11-12-7-2-1-6-3-8(17(14,15)16)5-10(13)9(6)4-7;11-7-2-1-6-3-8(16(13,14)15)5-10(12)9(6)4-7;10-12-8-5-1-3-7-4-2-6-11-9(7)8;10-8-5-1-3-7-4-2-6-11-9(7)8;;;/h2-10,23,25,30-32H,1H3,(H,27,28,29);2-6,11H,1H3,(H,14,15,16);1-5H,(H3-,13,14,15,16);1-5,12-15H,11H2;1-6H;1-6H,10H2;3*1H/q;;;;+1;;;;/p-1. The van der Waals surface area contributed by atoms with E-state index in [0.717, 1.165) is 62.5 Å². The first-order valence-corrected chi connectivity index (χ1v) is 37.6. The molecule has 109 heavy (non-hydrogen) atoms. The number of aromatic hydroxyl groups is 3. The van der Waals surface area contributed by atoms with Crippen molar-refractivity contribution in [2.45, 2.75) is 38.3 Å². The maximum atomic E-state index is 12.8. The maximum absolute atomic E-state index is 12.8. The number of hydrogen-bond acceptors (Lipinski definition) is 26. The lowest BCUT2D eigenvalue weighted by atomic mass is 10.1. The highest BCUT2D eigenvalue weighted by atomic mass is 35.5. The first kappa shape index (κ1) is 84.6. The van der Waals surface area contributed by atoms with Gasteiger partial charge in [0.15, 0.2) is 21.2 Å². The van der Waals surface area contributed by atoms with Gasteiger partial charge in [0.2, 0.25) is 10.8 Å². The van der Waals surface area contributed by atoms with Crippen molar-refractivity contribution in [1.29, 1.82) is 10.8 Å². The van der Waals surface area contributed by atoms with E-state index in [-0.39, 0.29) is 90.6 Å². The number of phenolic OH excluding ortho intramolecular Hbond substituents is 3. The molecule has 0 atom stereocenters. The number of phenols is 3. The normalized spacial score (nSPS) is 11.8. The Balaban J connectivity index is 0.000000215. The van der Waals surface area contributed by atoms with Gasteiger partial charge in [-0.05, 0) is 163 Å². The van der Waals surface area contributed by atoms with Crippen LogP contribution in [0, 0.1) is 24.6 Å². The van der Waals surface area contributed by atoms with Gasteiger partial charge in [0.25, 0.3) is 31.4 Å². The van der Waals surface area contributed by atoms with E-state index in [4.69, 9.17) is 58.7 Å². The van der Waals surface area contributed by atoms with Crippen LogP contribution in [-0.2, 0) is 20.2 Å². The smallest absolute Gasteiger partial charge is 0.410 e.